The predicted octanol–water partition coefficient (Wildman–Crippen LogP) is 2.76. The SMILES string of the molecule is CCCNc1ncc(Br)c(NC(C)Cn2ccnc2)n1. The highest BCUT2D eigenvalue weighted by Gasteiger charge is 2.09. The minimum Gasteiger partial charge on any atom is -0.365 e. The molecule has 0 aliphatic carbocycles. The Morgan fingerprint density at radius 2 is 2.30 bits per heavy atom. The first-order valence-corrected chi connectivity index (χ1v) is 7.47. The Labute approximate surface area is 127 Å². The summed E-state index contributed by atoms with van der Waals surface area (Å²) in [5.74, 6) is 1.44. The molecule has 2 rings (SSSR count). The van der Waals surface area contributed by atoms with Gasteiger partial charge < -0.3 is 15.2 Å². The van der Waals surface area contributed by atoms with Gasteiger partial charge in [-0.1, -0.05) is 6.92 Å². The van der Waals surface area contributed by atoms with Gasteiger partial charge in [0.1, 0.15) is 5.82 Å². The third-order valence-electron chi connectivity index (χ3n) is 2.70. The van der Waals surface area contributed by atoms with Gasteiger partial charge in [-0.2, -0.15) is 4.98 Å². The van der Waals surface area contributed by atoms with E-state index >= 15 is 0 Å². The second-order valence-corrected chi connectivity index (χ2v) is 5.48. The van der Waals surface area contributed by atoms with Crippen LogP contribution in [0, 0.1) is 0 Å². The molecule has 7 heteroatoms. The van der Waals surface area contributed by atoms with Crippen molar-refractivity contribution in [1.82, 2.24) is 19.5 Å². The predicted molar refractivity (Wildman–Crippen MR) is 83.8 cm³/mol. The Balaban J connectivity index is 2.00. The number of hydrogen-bond donors (Lipinski definition) is 2. The second kappa shape index (κ2) is 7.23. The first kappa shape index (κ1) is 14.8. The Morgan fingerprint density at radius 3 is 3.00 bits per heavy atom. The summed E-state index contributed by atoms with van der Waals surface area (Å²) in [6.07, 6.45) is 8.33. The highest BCUT2D eigenvalue weighted by molar-refractivity contribution is 9.10. The third kappa shape index (κ3) is 4.19. The quantitative estimate of drug-likeness (QED) is 0.812. The molecule has 6 nitrogen and oxygen atoms in total. The molecular formula is C13H19BrN6. The van der Waals surface area contributed by atoms with E-state index in [2.05, 4.69) is 55.4 Å². The molecule has 2 heterocycles. The first-order valence-electron chi connectivity index (χ1n) is 6.67. The molecule has 1 atom stereocenters. The average molecular weight is 339 g/mol. The molecule has 108 valence electrons. The van der Waals surface area contributed by atoms with Gasteiger partial charge in [0.05, 0.1) is 10.8 Å². The molecule has 20 heavy (non-hydrogen) atoms. The van der Waals surface area contributed by atoms with Gasteiger partial charge in [0.2, 0.25) is 5.95 Å². The fourth-order valence-corrected chi connectivity index (χ4v) is 2.09. The van der Waals surface area contributed by atoms with E-state index in [1.165, 1.54) is 0 Å². The summed E-state index contributed by atoms with van der Waals surface area (Å²) >= 11 is 3.47. The molecule has 2 aromatic rings. The summed E-state index contributed by atoms with van der Waals surface area (Å²) in [7, 11) is 0. The molecule has 0 aromatic carbocycles. The standard InChI is InChI=1S/C13H19BrN6/c1-3-4-16-13-17-7-11(14)12(19-13)18-10(2)8-20-6-5-15-9-20/h5-7,9-10H,3-4,8H2,1-2H3,(H2,16,17,18,19). The molecule has 0 fully saturated rings. The largest absolute Gasteiger partial charge is 0.365 e. The van der Waals surface area contributed by atoms with Crippen LogP contribution in [0.1, 0.15) is 20.3 Å². The van der Waals surface area contributed by atoms with Gasteiger partial charge in [-0.05, 0) is 29.3 Å². The van der Waals surface area contributed by atoms with Crippen LogP contribution in [0.4, 0.5) is 11.8 Å². The Bertz CT molecular complexity index is 528. The van der Waals surface area contributed by atoms with Crippen molar-refractivity contribution in [2.45, 2.75) is 32.9 Å². The van der Waals surface area contributed by atoms with Crippen molar-refractivity contribution in [3.8, 4) is 0 Å². The third-order valence-corrected chi connectivity index (χ3v) is 3.28. The van der Waals surface area contributed by atoms with E-state index in [0.717, 1.165) is 29.8 Å². The summed E-state index contributed by atoms with van der Waals surface area (Å²) in [6.45, 7) is 5.91. The van der Waals surface area contributed by atoms with Gasteiger partial charge in [-0.3, -0.25) is 0 Å². The lowest BCUT2D eigenvalue weighted by atomic mass is 10.3. The number of rotatable bonds is 7. The lowest BCUT2D eigenvalue weighted by molar-refractivity contribution is 0.616. The molecule has 0 aliphatic rings. The number of imidazole rings is 1. The van der Waals surface area contributed by atoms with E-state index in [9.17, 15) is 0 Å². The van der Waals surface area contributed by atoms with Crippen LogP contribution in [-0.2, 0) is 6.54 Å². The van der Waals surface area contributed by atoms with Crippen LogP contribution in [0.2, 0.25) is 0 Å². The summed E-state index contributed by atoms with van der Waals surface area (Å²) in [5.41, 5.74) is 0. The second-order valence-electron chi connectivity index (χ2n) is 4.62. The van der Waals surface area contributed by atoms with Crippen LogP contribution in [0.25, 0.3) is 0 Å². The molecule has 0 aliphatic heterocycles. The normalized spacial score (nSPS) is 12.2. The first-order chi connectivity index (χ1) is 9.69. The van der Waals surface area contributed by atoms with Crippen molar-refractivity contribution in [1.29, 1.82) is 0 Å². The highest BCUT2D eigenvalue weighted by Crippen LogP contribution is 2.21. The van der Waals surface area contributed by atoms with Gasteiger partial charge in [-0.25, -0.2) is 9.97 Å². The fourth-order valence-electron chi connectivity index (χ4n) is 1.78. The summed E-state index contributed by atoms with van der Waals surface area (Å²) in [4.78, 5) is 12.7. The topological polar surface area (TPSA) is 67.7 Å². The molecule has 0 spiro atoms. The van der Waals surface area contributed by atoms with Gasteiger partial charge in [-0.15, -0.1) is 0 Å². The molecule has 0 radical (unpaired) electrons. The smallest absolute Gasteiger partial charge is 0.224 e. The Kier molecular flexibility index (Phi) is 5.34. The number of halogens is 1. The summed E-state index contributed by atoms with van der Waals surface area (Å²) in [6, 6.07) is 0.231. The average Bonchev–Trinajstić information content (AvgIpc) is 2.92. The lowest BCUT2D eigenvalue weighted by Gasteiger charge is -2.16. The maximum absolute atomic E-state index is 4.47. The number of nitrogens with one attached hydrogen (secondary N) is 2. The van der Waals surface area contributed by atoms with Crippen LogP contribution in [0.5, 0.6) is 0 Å². The molecule has 1 unspecified atom stereocenters. The van der Waals surface area contributed by atoms with Crippen LogP contribution in [0.15, 0.2) is 29.4 Å². The molecule has 0 saturated carbocycles. The lowest BCUT2D eigenvalue weighted by Crippen LogP contribution is -2.22. The summed E-state index contributed by atoms with van der Waals surface area (Å²) < 4.78 is 2.89. The van der Waals surface area contributed by atoms with Gasteiger partial charge in [0.25, 0.3) is 0 Å². The number of aromatic nitrogens is 4. The van der Waals surface area contributed by atoms with Gasteiger partial charge in [0, 0.05) is 37.7 Å². The molecule has 0 amide bonds. The van der Waals surface area contributed by atoms with E-state index < -0.39 is 0 Å². The Morgan fingerprint density at radius 1 is 1.45 bits per heavy atom. The van der Waals surface area contributed by atoms with Crippen molar-refractivity contribution in [2.24, 2.45) is 0 Å². The van der Waals surface area contributed by atoms with E-state index in [-0.39, 0.29) is 6.04 Å². The van der Waals surface area contributed by atoms with E-state index in [0.29, 0.717) is 5.95 Å². The van der Waals surface area contributed by atoms with Crippen molar-refractivity contribution in [3.05, 3.63) is 29.4 Å². The highest BCUT2D eigenvalue weighted by atomic mass is 79.9. The molecule has 0 bridgehead atoms. The molecule has 2 aromatic heterocycles. The monoisotopic (exact) mass is 338 g/mol. The molecule has 2 N–H and O–H groups in total. The van der Waals surface area contributed by atoms with Gasteiger partial charge in [0.15, 0.2) is 0 Å². The number of anilines is 2. The van der Waals surface area contributed by atoms with E-state index in [1.54, 1.807) is 18.7 Å². The maximum atomic E-state index is 4.47. The van der Waals surface area contributed by atoms with Crippen molar-refractivity contribution in [3.63, 3.8) is 0 Å². The van der Waals surface area contributed by atoms with Crippen molar-refractivity contribution in [2.75, 3.05) is 17.2 Å². The van der Waals surface area contributed by atoms with Gasteiger partial charge >= 0.3 is 0 Å². The minimum absolute atomic E-state index is 0.231. The fraction of sp³-hybridized carbons (Fsp3) is 0.462. The van der Waals surface area contributed by atoms with Crippen LogP contribution in [0.3, 0.4) is 0 Å². The zero-order valence-corrected chi connectivity index (χ0v) is 13.3. The maximum Gasteiger partial charge on any atom is 0.224 e. The Hall–Kier alpha value is -1.63. The van der Waals surface area contributed by atoms with Crippen LogP contribution < -0.4 is 10.6 Å². The van der Waals surface area contributed by atoms with Crippen molar-refractivity contribution >= 4 is 27.7 Å². The number of nitrogens with zero attached hydrogens (tertiary/aromatic N) is 4. The van der Waals surface area contributed by atoms with Crippen molar-refractivity contribution < 1.29 is 0 Å². The van der Waals surface area contributed by atoms with E-state index in [4.69, 9.17) is 0 Å². The van der Waals surface area contributed by atoms with Crippen LogP contribution in [-0.4, -0.2) is 32.1 Å². The summed E-state index contributed by atoms with van der Waals surface area (Å²) in [5, 5.41) is 6.56. The number of hydrogen-bond acceptors (Lipinski definition) is 5. The zero-order chi connectivity index (χ0) is 14.4. The molecule has 0 saturated heterocycles. The minimum atomic E-state index is 0.231. The van der Waals surface area contributed by atoms with Crippen LogP contribution >= 0.6 is 15.9 Å². The van der Waals surface area contributed by atoms with E-state index in [1.807, 2.05) is 10.8 Å². The molecular weight excluding hydrogens is 320 g/mol. The zero-order valence-electron chi connectivity index (χ0n) is 11.7.